The van der Waals surface area contributed by atoms with Gasteiger partial charge in [-0.3, -0.25) is 0 Å². The van der Waals surface area contributed by atoms with Gasteiger partial charge in [-0.15, -0.1) is 0 Å². The molecular formula is C20H25N3O4. The Balaban J connectivity index is 1.46. The molecule has 1 aromatic carbocycles. The number of fused-ring (bicyclic) bond motifs is 1. The van der Waals surface area contributed by atoms with Crippen molar-refractivity contribution in [2.24, 2.45) is 11.8 Å². The quantitative estimate of drug-likeness (QED) is 0.702. The van der Waals surface area contributed by atoms with Gasteiger partial charge in [0.1, 0.15) is 5.82 Å². The van der Waals surface area contributed by atoms with E-state index in [1.54, 1.807) is 6.20 Å². The average Bonchev–Trinajstić information content (AvgIpc) is 3.23. The minimum Gasteiger partial charge on any atom is -0.454 e. The van der Waals surface area contributed by atoms with E-state index < -0.39 is 6.10 Å². The molecule has 4 rings (SSSR count). The van der Waals surface area contributed by atoms with Gasteiger partial charge in [-0.25, -0.2) is 9.97 Å². The van der Waals surface area contributed by atoms with E-state index in [9.17, 15) is 10.2 Å². The van der Waals surface area contributed by atoms with Gasteiger partial charge in [0.15, 0.2) is 11.5 Å². The van der Waals surface area contributed by atoms with Crippen LogP contribution in [-0.4, -0.2) is 45.7 Å². The summed E-state index contributed by atoms with van der Waals surface area (Å²) in [7, 11) is 0. The minimum atomic E-state index is -0.516. The van der Waals surface area contributed by atoms with Crippen LogP contribution < -0.4 is 14.8 Å². The highest BCUT2D eigenvalue weighted by Gasteiger charge is 2.42. The first-order chi connectivity index (χ1) is 13.1. The number of aryl methyl sites for hydroxylation is 1. The molecule has 2 aliphatic rings. The van der Waals surface area contributed by atoms with Crippen LogP contribution in [0.25, 0.3) is 0 Å². The lowest BCUT2D eigenvalue weighted by atomic mass is 9.88. The second kappa shape index (κ2) is 7.80. The van der Waals surface area contributed by atoms with Crippen molar-refractivity contribution >= 4 is 0 Å². The maximum Gasteiger partial charge on any atom is 0.231 e. The van der Waals surface area contributed by atoms with Crippen LogP contribution in [0.2, 0.25) is 0 Å². The fraction of sp³-hybridized carbons (Fsp3) is 0.500. The summed E-state index contributed by atoms with van der Waals surface area (Å²) >= 11 is 0. The first-order valence-corrected chi connectivity index (χ1v) is 9.33. The molecule has 4 unspecified atom stereocenters. The smallest absolute Gasteiger partial charge is 0.231 e. The topological polar surface area (TPSA) is 96.7 Å². The minimum absolute atomic E-state index is 0.0297. The van der Waals surface area contributed by atoms with Gasteiger partial charge in [-0.1, -0.05) is 6.07 Å². The highest BCUT2D eigenvalue weighted by atomic mass is 16.7. The van der Waals surface area contributed by atoms with Gasteiger partial charge in [-0.2, -0.15) is 0 Å². The van der Waals surface area contributed by atoms with E-state index in [1.807, 2.05) is 31.2 Å². The Morgan fingerprint density at radius 3 is 2.85 bits per heavy atom. The van der Waals surface area contributed by atoms with E-state index in [0.29, 0.717) is 19.4 Å². The van der Waals surface area contributed by atoms with Crippen LogP contribution in [0.1, 0.15) is 23.5 Å². The maximum atomic E-state index is 10.4. The molecule has 1 saturated carbocycles. The molecule has 0 saturated heterocycles. The third-order valence-electron chi connectivity index (χ3n) is 5.55. The number of benzene rings is 1. The SMILES string of the molecule is Cc1nccc(CC2C(NCc3ccc4c(c3)OCO4)CC(O)C2CO)n1. The molecule has 4 atom stereocenters. The van der Waals surface area contributed by atoms with E-state index in [1.165, 1.54) is 0 Å². The Hall–Kier alpha value is -2.22. The van der Waals surface area contributed by atoms with Crippen molar-refractivity contribution in [3.05, 3.63) is 47.5 Å². The Bertz CT molecular complexity index is 801. The zero-order valence-electron chi connectivity index (χ0n) is 15.3. The molecule has 3 N–H and O–H groups in total. The largest absolute Gasteiger partial charge is 0.454 e. The second-order valence-corrected chi connectivity index (χ2v) is 7.29. The maximum absolute atomic E-state index is 10.4. The third-order valence-corrected chi connectivity index (χ3v) is 5.55. The van der Waals surface area contributed by atoms with Crippen LogP contribution >= 0.6 is 0 Å². The van der Waals surface area contributed by atoms with Gasteiger partial charge in [0, 0.05) is 37.0 Å². The molecule has 0 amide bonds. The summed E-state index contributed by atoms with van der Waals surface area (Å²) in [5.41, 5.74) is 2.03. The van der Waals surface area contributed by atoms with E-state index in [-0.39, 0.29) is 31.3 Å². The number of hydrogen-bond acceptors (Lipinski definition) is 7. The molecule has 1 aliphatic heterocycles. The number of aromatic nitrogens is 2. The fourth-order valence-electron chi connectivity index (χ4n) is 4.14. The van der Waals surface area contributed by atoms with Crippen molar-refractivity contribution in [2.75, 3.05) is 13.4 Å². The van der Waals surface area contributed by atoms with E-state index in [4.69, 9.17) is 9.47 Å². The van der Waals surface area contributed by atoms with Crippen LogP contribution in [0.15, 0.2) is 30.5 Å². The molecule has 7 heteroatoms. The van der Waals surface area contributed by atoms with Gasteiger partial charge in [-0.05, 0) is 49.4 Å². The lowest BCUT2D eigenvalue weighted by Gasteiger charge is -2.25. The lowest BCUT2D eigenvalue weighted by molar-refractivity contribution is 0.0716. The monoisotopic (exact) mass is 371 g/mol. The van der Waals surface area contributed by atoms with Gasteiger partial charge < -0.3 is 25.0 Å². The molecule has 7 nitrogen and oxygen atoms in total. The summed E-state index contributed by atoms with van der Waals surface area (Å²) in [6.45, 7) is 2.76. The normalized spacial score (nSPS) is 26.5. The molecule has 0 bridgehead atoms. The zero-order chi connectivity index (χ0) is 18.8. The molecular weight excluding hydrogens is 346 g/mol. The van der Waals surface area contributed by atoms with Crippen molar-refractivity contribution < 1.29 is 19.7 Å². The van der Waals surface area contributed by atoms with Crippen LogP contribution in [-0.2, 0) is 13.0 Å². The van der Waals surface area contributed by atoms with Gasteiger partial charge >= 0.3 is 0 Å². The highest BCUT2D eigenvalue weighted by Crippen LogP contribution is 2.36. The molecule has 27 heavy (non-hydrogen) atoms. The number of aliphatic hydroxyl groups is 2. The summed E-state index contributed by atoms with van der Waals surface area (Å²) in [6, 6.07) is 7.91. The number of nitrogens with zero attached hydrogens (tertiary/aromatic N) is 2. The van der Waals surface area contributed by atoms with E-state index in [2.05, 4.69) is 15.3 Å². The van der Waals surface area contributed by atoms with Crippen molar-refractivity contribution in [1.29, 1.82) is 0 Å². The van der Waals surface area contributed by atoms with Crippen LogP contribution in [0.3, 0.4) is 0 Å². The molecule has 144 valence electrons. The molecule has 2 aromatic rings. The highest BCUT2D eigenvalue weighted by molar-refractivity contribution is 5.44. The molecule has 2 heterocycles. The Morgan fingerprint density at radius 1 is 1.19 bits per heavy atom. The van der Waals surface area contributed by atoms with Crippen LogP contribution in [0.5, 0.6) is 11.5 Å². The number of ether oxygens (including phenoxy) is 2. The van der Waals surface area contributed by atoms with E-state index in [0.717, 1.165) is 28.6 Å². The first kappa shape index (κ1) is 18.2. The predicted octanol–water partition coefficient (Wildman–Crippen LogP) is 1.20. The number of rotatable bonds is 6. The number of hydrogen-bond donors (Lipinski definition) is 3. The Labute approximate surface area is 158 Å². The average molecular weight is 371 g/mol. The molecule has 1 aromatic heterocycles. The predicted molar refractivity (Wildman–Crippen MR) is 98.4 cm³/mol. The second-order valence-electron chi connectivity index (χ2n) is 7.29. The summed E-state index contributed by atoms with van der Waals surface area (Å²) in [6.07, 6.45) is 2.55. The molecule has 1 aliphatic carbocycles. The summed E-state index contributed by atoms with van der Waals surface area (Å²) in [5, 5.41) is 23.8. The third kappa shape index (κ3) is 3.90. The number of nitrogens with one attached hydrogen (secondary N) is 1. The zero-order valence-corrected chi connectivity index (χ0v) is 15.3. The molecule has 0 radical (unpaired) electrons. The summed E-state index contributed by atoms with van der Waals surface area (Å²) in [5.74, 6) is 2.22. The van der Waals surface area contributed by atoms with E-state index >= 15 is 0 Å². The first-order valence-electron chi connectivity index (χ1n) is 9.33. The molecule has 0 spiro atoms. The van der Waals surface area contributed by atoms with Crippen LogP contribution in [0.4, 0.5) is 0 Å². The lowest BCUT2D eigenvalue weighted by Crippen LogP contribution is -2.36. The molecule has 1 fully saturated rings. The summed E-state index contributed by atoms with van der Waals surface area (Å²) in [4.78, 5) is 8.63. The van der Waals surface area contributed by atoms with Gasteiger partial charge in [0.25, 0.3) is 0 Å². The van der Waals surface area contributed by atoms with Crippen LogP contribution in [0, 0.1) is 18.8 Å². The Morgan fingerprint density at radius 2 is 2.04 bits per heavy atom. The number of aliphatic hydroxyl groups excluding tert-OH is 2. The standard InChI is InChI=1S/C20H25N3O4/c1-12-21-5-4-14(23-12)7-15-16(10-24)18(25)8-17(15)22-9-13-2-3-19-20(6-13)27-11-26-19/h2-6,15-18,22,24-25H,7-11H2,1H3. The fourth-order valence-corrected chi connectivity index (χ4v) is 4.14. The van der Waals surface area contributed by atoms with Gasteiger partial charge in [0.05, 0.1) is 6.10 Å². The van der Waals surface area contributed by atoms with Crippen molar-refractivity contribution in [2.45, 2.75) is 38.5 Å². The summed E-state index contributed by atoms with van der Waals surface area (Å²) < 4.78 is 10.8. The van der Waals surface area contributed by atoms with Crippen molar-refractivity contribution in [1.82, 2.24) is 15.3 Å². The Kier molecular flexibility index (Phi) is 5.24. The van der Waals surface area contributed by atoms with Gasteiger partial charge in [0.2, 0.25) is 6.79 Å². The van der Waals surface area contributed by atoms with Crippen molar-refractivity contribution in [3.8, 4) is 11.5 Å². The van der Waals surface area contributed by atoms with Crippen molar-refractivity contribution in [3.63, 3.8) is 0 Å².